The van der Waals surface area contributed by atoms with E-state index >= 15 is 0 Å². The predicted molar refractivity (Wildman–Crippen MR) is 80.8 cm³/mol. The molecule has 1 atom stereocenters. The van der Waals surface area contributed by atoms with Crippen molar-refractivity contribution in [1.82, 2.24) is 5.32 Å². The highest BCUT2D eigenvalue weighted by Crippen LogP contribution is 2.27. The molecule has 0 aliphatic carbocycles. The van der Waals surface area contributed by atoms with Gasteiger partial charge in [-0.25, -0.2) is 13.2 Å². The molecule has 0 aliphatic heterocycles. The first-order valence-corrected chi connectivity index (χ1v) is 7.34. The van der Waals surface area contributed by atoms with Gasteiger partial charge in [0.1, 0.15) is 17.5 Å². The third-order valence-corrected chi connectivity index (χ3v) is 3.97. The molecule has 1 N–H and O–H groups in total. The summed E-state index contributed by atoms with van der Waals surface area (Å²) in [6, 6.07) is 8.67. The van der Waals surface area contributed by atoms with Crippen molar-refractivity contribution in [2.45, 2.75) is 12.3 Å². The van der Waals surface area contributed by atoms with Crippen LogP contribution in [0.2, 0.25) is 0 Å². The van der Waals surface area contributed by atoms with E-state index in [-0.39, 0.29) is 28.2 Å². The predicted octanol–water partition coefficient (Wildman–Crippen LogP) is 4.41. The molecule has 0 saturated carbocycles. The zero-order valence-electron chi connectivity index (χ0n) is 11.5. The molecule has 0 radical (unpaired) electrons. The summed E-state index contributed by atoms with van der Waals surface area (Å²) in [4.78, 5) is 0. The van der Waals surface area contributed by atoms with Gasteiger partial charge in [0.05, 0.1) is 4.47 Å². The van der Waals surface area contributed by atoms with Crippen molar-refractivity contribution in [3.8, 4) is 0 Å². The number of halogens is 4. The van der Waals surface area contributed by atoms with Crippen molar-refractivity contribution in [3.63, 3.8) is 0 Å². The molecule has 1 nitrogen and oxygen atoms in total. The Morgan fingerprint density at radius 3 is 2.57 bits per heavy atom. The first kappa shape index (κ1) is 16.0. The average Bonchev–Trinajstić information content (AvgIpc) is 2.46. The Labute approximate surface area is 130 Å². The SMILES string of the molecule is CNCC(Cc1c(F)ccc(Br)c1F)c1cccc(F)c1. The summed E-state index contributed by atoms with van der Waals surface area (Å²) < 4.78 is 41.5. The summed E-state index contributed by atoms with van der Waals surface area (Å²) in [5.41, 5.74) is 0.719. The Bertz CT molecular complexity index is 631. The summed E-state index contributed by atoms with van der Waals surface area (Å²) in [6.07, 6.45) is 0.154. The second-order valence-corrected chi connectivity index (χ2v) is 5.69. The molecule has 5 heteroatoms. The van der Waals surface area contributed by atoms with Crippen molar-refractivity contribution in [2.24, 2.45) is 0 Å². The van der Waals surface area contributed by atoms with Crippen LogP contribution >= 0.6 is 15.9 Å². The molecule has 0 aliphatic rings. The van der Waals surface area contributed by atoms with Crippen LogP contribution in [-0.4, -0.2) is 13.6 Å². The molecule has 112 valence electrons. The van der Waals surface area contributed by atoms with Crippen LogP contribution in [0.5, 0.6) is 0 Å². The van der Waals surface area contributed by atoms with Crippen LogP contribution in [0.1, 0.15) is 17.0 Å². The number of hydrogen-bond donors (Lipinski definition) is 1. The molecule has 1 unspecified atom stereocenters. The highest BCUT2D eigenvalue weighted by atomic mass is 79.9. The van der Waals surface area contributed by atoms with Gasteiger partial charge in [-0.3, -0.25) is 0 Å². The van der Waals surface area contributed by atoms with E-state index in [2.05, 4.69) is 21.2 Å². The topological polar surface area (TPSA) is 12.0 Å². The van der Waals surface area contributed by atoms with E-state index in [1.807, 2.05) is 0 Å². The number of likely N-dealkylation sites (N-methyl/N-ethyl adjacent to an activating group) is 1. The van der Waals surface area contributed by atoms with Gasteiger partial charge in [-0.1, -0.05) is 12.1 Å². The average molecular weight is 358 g/mol. The molecule has 0 heterocycles. The summed E-state index contributed by atoms with van der Waals surface area (Å²) in [7, 11) is 1.75. The van der Waals surface area contributed by atoms with Crippen molar-refractivity contribution in [3.05, 3.63) is 69.4 Å². The standard InChI is InChI=1S/C16H15BrF3N/c1-21-9-11(10-3-2-4-12(18)7-10)8-13-15(19)6-5-14(17)16(13)20/h2-7,11,21H,8-9H2,1H3. The molecular formula is C16H15BrF3N. The van der Waals surface area contributed by atoms with Crippen LogP contribution in [0.4, 0.5) is 13.2 Å². The van der Waals surface area contributed by atoms with Gasteiger partial charge in [-0.05, 0) is 59.2 Å². The van der Waals surface area contributed by atoms with Gasteiger partial charge in [-0.2, -0.15) is 0 Å². The normalized spacial score (nSPS) is 12.4. The number of benzene rings is 2. The minimum absolute atomic E-state index is 0.00823. The Hall–Kier alpha value is -1.33. The molecule has 0 saturated heterocycles. The van der Waals surface area contributed by atoms with E-state index < -0.39 is 11.6 Å². The third-order valence-electron chi connectivity index (χ3n) is 3.36. The van der Waals surface area contributed by atoms with E-state index in [4.69, 9.17) is 0 Å². The van der Waals surface area contributed by atoms with Crippen molar-refractivity contribution >= 4 is 15.9 Å². The molecule has 2 rings (SSSR count). The lowest BCUT2D eigenvalue weighted by Gasteiger charge is -2.18. The largest absolute Gasteiger partial charge is 0.319 e. The van der Waals surface area contributed by atoms with Gasteiger partial charge in [0.15, 0.2) is 0 Å². The number of hydrogen-bond acceptors (Lipinski definition) is 1. The number of nitrogens with one attached hydrogen (secondary N) is 1. The molecule has 2 aromatic carbocycles. The van der Waals surface area contributed by atoms with Gasteiger partial charge in [0.25, 0.3) is 0 Å². The zero-order valence-corrected chi connectivity index (χ0v) is 13.1. The second-order valence-electron chi connectivity index (χ2n) is 4.84. The van der Waals surface area contributed by atoms with Crippen LogP contribution in [0.3, 0.4) is 0 Å². The monoisotopic (exact) mass is 357 g/mol. The lowest BCUT2D eigenvalue weighted by Crippen LogP contribution is -2.20. The highest BCUT2D eigenvalue weighted by molar-refractivity contribution is 9.10. The van der Waals surface area contributed by atoms with Gasteiger partial charge < -0.3 is 5.32 Å². The van der Waals surface area contributed by atoms with Gasteiger partial charge >= 0.3 is 0 Å². The fourth-order valence-electron chi connectivity index (χ4n) is 2.32. The smallest absolute Gasteiger partial charge is 0.143 e. The minimum Gasteiger partial charge on any atom is -0.319 e. The summed E-state index contributed by atoms with van der Waals surface area (Å²) in [5.74, 6) is -1.77. The lowest BCUT2D eigenvalue weighted by molar-refractivity contribution is 0.524. The van der Waals surface area contributed by atoms with E-state index in [9.17, 15) is 13.2 Å². The van der Waals surface area contributed by atoms with E-state index in [1.54, 1.807) is 19.2 Å². The Balaban J connectivity index is 2.35. The Morgan fingerprint density at radius 1 is 1.14 bits per heavy atom. The fraction of sp³-hybridized carbons (Fsp3) is 0.250. The molecule has 0 fully saturated rings. The Kier molecular flexibility index (Phi) is 5.42. The maximum absolute atomic E-state index is 14.1. The highest BCUT2D eigenvalue weighted by Gasteiger charge is 2.19. The first-order chi connectivity index (χ1) is 10.0. The van der Waals surface area contributed by atoms with E-state index in [1.165, 1.54) is 24.3 Å². The number of rotatable bonds is 5. The van der Waals surface area contributed by atoms with Crippen LogP contribution in [0.25, 0.3) is 0 Å². The summed E-state index contributed by atoms with van der Waals surface area (Å²) in [6.45, 7) is 0.495. The van der Waals surface area contributed by atoms with Crippen molar-refractivity contribution in [2.75, 3.05) is 13.6 Å². The molecular weight excluding hydrogens is 343 g/mol. The summed E-state index contributed by atoms with van der Waals surface area (Å²) >= 11 is 3.06. The van der Waals surface area contributed by atoms with Gasteiger partial charge in [0, 0.05) is 18.0 Å². The van der Waals surface area contributed by atoms with Gasteiger partial charge in [0.2, 0.25) is 0 Å². The molecule has 21 heavy (non-hydrogen) atoms. The van der Waals surface area contributed by atoms with Crippen molar-refractivity contribution < 1.29 is 13.2 Å². The molecule has 0 aromatic heterocycles. The first-order valence-electron chi connectivity index (χ1n) is 6.55. The second kappa shape index (κ2) is 7.09. The summed E-state index contributed by atoms with van der Waals surface area (Å²) in [5, 5.41) is 2.98. The molecule has 0 spiro atoms. The van der Waals surface area contributed by atoms with Crippen molar-refractivity contribution in [1.29, 1.82) is 0 Å². The van der Waals surface area contributed by atoms with Crippen LogP contribution in [0.15, 0.2) is 40.9 Å². The van der Waals surface area contributed by atoms with Gasteiger partial charge in [-0.15, -0.1) is 0 Å². The molecule has 0 amide bonds. The lowest BCUT2D eigenvalue weighted by atomic mass is 9.91. The van der Waals surface area contributed by atoms with E-state index in [0.29, 0.717) is 12.1 Å². The zero-order chi connectivity index (χ0) is 15.4. The van der Waals surface area contributed by atoms with Crippen LogP contribution in [0, 0.1) is 17.5 Å². The minimum atomic E-state index is -0.604. The Morgan fingerprint density at radius 2 is 1.90 bits per heavy atom. The molecule has 2 aromatic rings. The quantitative estimate of drug-likeness (QED) is 0.781. The van der Waals surface area contributed by atoms with E-state index in [0.717, 1.165) is 0 Å². The maximum atomic E-state index is 14.1. The van der Waals surface area contributed by atoms with Crippen LogP contribution in [-0.2, 0) is 6.42 Å². The fourth-order valence-corrected chi connectivity index (χ4v) is 2.69. The third kappa shape index (κ3) is 3.86. The maximum Gasteiger partial charge on any atom is 0.143 e. The van der Waals surface area contributed by atoms with Crippen LogP contribution < -0.4 is 5.32 Å². The molecule has 0 bridgehead atoms.